The zero-order valence-corrected chi connectivity index (χ0v) is 12.1. The fourth-order valence-electron chi connectivity index (χ4n) is 1.50. The third kappa shape index (κ3) is 7.63. The van der Waals surface area contributed by atoms with Crippen LogP contribution in [-0.4, -0.2) is 44.4 Å². The average Bonchev–Trinajstić information content (AvgIpc) is 2.27. The summed E-state index contributed by atoms with van der Waals surface area (Å²) in [6.45, 7) is 11.1. The molecule has 0 aliphatic rings. The molecular formula is C13H28N2O3. The molecule has 0 saturated heterocycles. The van der Waals surface area contributed by atoms with Gasteiger partial charge in [-0.2, -0.15) is 0 Å². The van der Waals surface area contributed by atoms with Crippen molar-refractivity contribution in [2.45, 2.75) is 39.7 Å². The van der Waals surface area contributed by atoms with Crippen molar-refractivity contribution in [2.75, 3.05) is 33.0 Å². The largest absolute Gasteiger partial charge is 0.379 e. The maximum absolute atomic E-state index is 11.3. The SMILES string of the molecule is CCNC(C)(CCOCCOCC(C)C)C(N)=O. The Morgan fingerprint density at radius 2 is 1.89 bits per heavy atom. The van der Waals surface area contributed by atoms with E-state index < -0.39 is 5.54 Å². The number of nitrogens with two attached hydrogens (primary N) is 1. The number of ether oxygens (including phenoxy) is 2. The second-order valence-corrected chi connectivity index (χ2v) is 5.06. The van der Waals surface area contributed by atoms with Gasteiger partial charge in [-0.25, -0.2) is 0 Å². The van der Waals surface area contributed by atoms with Gasteiger partial charge in [0.05, 0.1) is 18.8 Å². The van der Waals surface area contributed by atoms with E-state index in [-0.39, 0.29) is 5.91 Å². The summed E-state index contributed by atoms with van der Waals surface area (Å²) in [6, 6.07) is 0. The Morgan fingerprint density at radius 1 is 1.28 bits per heavy atom. The zero-order chi connectivity index (χ0) is 14.0. The molecule has 18 heavy (non-hydrogen) atoms. The van der Waals surface area contributed by atoms with Crippen LogP contribution in [0, 0.1) is 5.92 Å². The molecule has 0 fully saturated rings. The summed E-state index contributed by atoms with van der Waals surface area (Å²) in [5.41, 5.74) is 4.68. The topological polar surface area (TPSA) is 73.6 Å². The highest BCUT2D eigenvalue weighted by Crippen LogP contribution is 2.08. The predicted octanol–water partition coefficient (Wildman–Crippen LogP) is 0.919. The van der Waals surface area contributed by atoms with Crippen LogP contribution >= 0.6 is 0 Å². The minimum atomic E-state index is -0.687. The van der Waals surface area contributed by atoms with Gasteiger partial charge < -0.3 is 20.5 Å². The van der Waals surface area contributed by atoms with Crippen molar-refractivity contribution >= 4 is 5.91 Å². The summed E-state index contributed by atoms with van der Waals surface area (Å²) in [6.07, 6.45) is 0.570. The summed E-state index contributed by atoms with van der Waals surface area (Å²) >= 11 is 0. The summed E-state index contributed by atoms with van der Waals surface area (Å²) < 4.78 is 10.8. The molecule has 0 aromatic carbocycles. The molecule has 0 spiro atoms. The third-order valence-electron chi connectivity index (χ3n) is 2.68. The lowest BCUT2D eigenvalue weighted by Gasteiger charge is -2.26. The van der Waals surface area contributed by atoms with Gasteiger partial charge in [0, 0.05) is 13.2 Å². The fraction of sp³-hybridized carbons (Fsp3) is 0.923. The van der Waals surface area contributed by atoms with Crippen LogP contribution in [-0.2, 0) is 14.3 Å². The number of likely N-dealkylation sites (N-methyl/N-ethyl adjacent to an activating group) is 1. The van der Waals surface area contributed by atoms with Gasteiger partial charge in [-0.05, 0) is 25.8 Å². The smallest absolute Gasteiger partial charge is 0.237 e. The van der Waals surface area contributed by atoms with Crippen molar-refractivity contribution in [2.24, 2.45) is 11.7 Å². The summed E-state index contributed by atoms with van der Waals surface area (Å²) in [5.74, 6) is 0.195. The Bertz CT molecular complexity index is 234. The van der Waals surface area contributed by atoms with Gasteiger partial charge in [-0.15, -0.1) is 0 Å². The van der Waals surface area contributed by atoms with Crippen molar-refractivity contribution in [1.82, 2.24) is 5.32 Å². The van der Waals surface area contributed by atoms with Gasteiger partial charge in [-0.3, -0.25) is 4.79 Å². The van der Waals surface area contributed by atoms with E-state index in [1.54, 1.807) is 6.92 Å². The normalized spacial score (nSPS) is 14.7. The van der Waals surface area contributed by atoms with Gasteiger partial charge in [0.2, 0.25) is 5.91 Å². The molecule has 1 unspecified atom stereocenters. The van der Waals surface area contributed by atoms with E-state index in [0.29, 0.717) is 38.7 Å². The van der Waals surface area contributed by atoms with Gasteiger partial charge in [0.25, 0.3) is 0 Å². The molecule has 3 N–H and O–H groups in total. The molecule has 5 heteroatoms. The quantitative estimate of drug-likeness (QED) is 0.542. The Labute approximate surface area is 110 Å². The Balaban J connectivity index is 3.65. The molecule has 0 aliphatic heterocycles. The lowest BCUT2D eigenvalue weighted by Crippen LogP contribution is -2.53. The Kier molecular flexibility index (Phi) is 8.97. The zero-order valence-electron chi connectivity index (χ0n) is 12.1. The van der Waals surface area contributed by atoms with Crippen LogP contribution in [0.25, 0.3) is 0 Å². The van der Waals surface area contributed by atoms with Gasteiger partial charge in [0.15, 0.2) is 0 Å². The minimum Gasteiger partial charge on any atom is -0.379 e. The van der Waals surface area contributed by atoms with E-state index in [1.807, 2.05) is 6.92 Å². The van der Waals surface area contributed by atoms with Gasteiger partial charge in [0.1, 0.15) is 0 Å². The number of nitrogens with one attached hydrogen (secondary N) is 1. The van der Waals surface area contributed by atoms with E-state index in [0.717, 1.165) is 6.61 Å². The molecule has 0 aromatic heterocycles. The second kappa shape index (κ2) is 9.30. The summed E-state index contributed by atoms with van der Waals surface area (Å²) in [5, 5.41) is 3.09. The highest BCUT2D eigenvalue weighted by Gasteiger charge is 2.29. The first-order valence-corrected chi connectivity index (χ1v) is 6.62. The van der Waals surface area contributed by atoms with Crippen molar-refractivity contribution in [3.05, 3.63) is 0 Å². The van der Waals surface area contributed by atoms with Crippen molar-refractivity contribution in [3.8, 4) is 0 Å². The molecular weight excluding hydrogens is 232 g/mol. The first-order valence-electron chi connectivity index (χ1n) is 6.62. The number of hydrogen-bond donors (Lipinski definition) is 2. The summed E-state index contributed by atoms with van der Waals surface area (Å²) in [4.78, 5) is 11.3. The molecule has 0 bridgehead atoms. The van der Waals surface area contributed by atoms with Crippen molar-refractivity contribution in [1.29, 1.82) is 0 Å². The molecule has 0 heterocycles. The maximum atomic E-state index is 11.3. The molecule has 0 saturated carbocycles. The maximum Gasteiger partial charge on any atom is 0.237 e. The van der Waals surface area contributed by atoms with E-state index in [1.165, 1.54) is 0 Å². The molecule has 0 radical (unpaired) electrons. The highest BCUT2D eigenvalue weighted by atomic mass is 16.5. The fourth-order valence-corrected chi connectivity index (χ4v) is 1.50. The number of amides is 1. The molecule has 108 valence electrons. The van der Waals surface area contributed by atoms with Crippen LogP contribution in [0.1, 0.15) is 34.1 Å². The van der Waals surface area contributed by atoms with Crippen LogP contribution in [0.3, 0.4) is 0 Å². The van der Waals surface area contributed by atoms with E-state index >= 15 is 0 Å². The van der Waals surface area contributed by atoms with Crippen molar-refractivity contribution in [3.63, 3.8) is 0 Å². The van der Waals surface area contributed by atoms with Gasteiger partial charge in [-0.1, -0.05) is 20.8 Å². The number of carbonyl (C=O) groups is 1. The second-order valence-electron chi connectivity index (χ2n) is 5.06. The number of rotatable bonds is 11. The molecule has 1 atom stereocenters. The molecule has 0 aliphatic carbocycles. The minimum absolute atomic E-state index is 0.344. The Hall–Kier alpha value is -0.650. The van der Waals surface area contributed by atoms with Crippen LogP contribution in [0.15, 0.2) is 0 Å². The van der Waals surface area contributed by atoms with E-state index in [9.17, 15) is 4.79 Å². The molecule has 0 aromatic rings. The molecule has 1 amide bonds. The summed E-state index contributed by atoms with van der Waals surface area (Å²) in [7, 11) is 0. The molecule has 5 nitrogen and oxygen atoms in total. The highest BCUT2D eigenvalue weighted by molar-refractivity contribution is 5.84. The number of hydrogen-bond acceptors (Lipinski definition) is 4. The number of primary amides is 1. The lowest BCUT2D eigenvalue weighted by molar-refractivity contribution is -0.124. The third-order valence-corrected chi connectivity index (χ3v) is 2.68. The predicted molar refractivity (Wildman–Crippen MR) is 72.4 cm³/mol. The van der Waals surface area contributed by atoms with Crippen LogP contribution < -0.4 is 11.1 Å². The van der Waals surface area contributed by atoms with Gasteiger partial charge >= 0.3 is 0 Å². The first-order chi connectivity index (χ1) is 8.42. The standard InChI is InChI=1S/C13H28N2O3/c1-5-15-13(4,12(14)16)6-7-17-8-9-18-10-11(2)3/h11,15H,5-10H2,1-4H3,(H2,14,16). The van der Waals surface area contributed by atoms with Crippen molar-refractivity contribution < 1.29 is 14.3 Å². The van der Waals surface area contributed by atoms with Crippen LogP contribution in [0.4, 0.5) is 0 Å². The van der Waals surface area contributed by atoms with Crippen LogP contribution in [0.5, 0.6) is 0 Å². The number of carbonyl (C=O) groups excluding carboxylic acids is 1. The molecule has 0 rings (SSSR count). The van der Waals surface area contributed by atoms with Crippen LogP contribution in [0.2, 0.25) is 0 Å². The van der Waals surface area contributed by atoms with E-state index in [2.05, 4.69) is 19.2 Å². The van der Waals surface area contributed by atoms with E-state index in [4.69, 9.17) is 15.2 Å². The Morgan fingerprint density at radius 3 is 2.39 bits per heavy atom. The average molecular weight is 260 g/mol. The monoisotopic (exact) mass is 260 g/mol. The first kappa shape index (κ1) is 17.4. The lowest BCUT2D eigenvalue weighted by atomic mass is 9.97.